The SMILES string of the molecule is CC1N=CC=C(N)N1. The predicted molar refractivity (Wildman–Crippen MR) is 33.4 cm³/mol. The molecular formula is C5H9N3. The maximum absolute atomic E-state index is 5.38. The van der Waals surface area contributed by atoms with Crippen molar-refractivity contribution in [3.05, 3.63) is 11.9 Å². The van der Waals surface area contributed by atoms with Gasteiger partial charge in [0.15, 0.2) is 0 Å². The van der Waals surface area contributed by atoms with E-state index in [4.69, 9.17) is 5.73 Å². The van der Waals surface area contributed by atoms with Crippen LogP contribution in [-0.2, 0) is 0 Å². The number of hydrogen-bond donors (Lipinski definition) is 2. The third-order valence-corrected chi connectivity index (χ3v) is 0.939. The molecule has 0 saturated heterocycles. The summed E-state index contributed by atoms with van der Waals surface area (Å²) >= 11 is 0. The second-order valence-corrected chi connectivity index (χ2v) is 1.74. The van der Waals surface area contributed by atoms with Gasteiger partial charge in [-0.3, -0.25) is 4.99 Å². The lowest BCUT2D eigenvalue weighted by Crippen LogP contribution is -2.30. The number of nitrogens with two attached hydrogens (primary N) is 1. The summed E-state index contributed by atoms with van der Waals surface area (Å²) in [5.74, 6) is 0.688. The largest absolute Gasteiger partial charge is 0.385 e. The molecule has 0 amide bonds. The van der Waals surface area contributed by atoms with Crippen LogP contribution in [0.4, 0.5) is 0 Å². The molecule has 3 heteroatoms. The van der Waals surface area contributed by atoms with Gasteiger partial charge < -0.3 is 11.1 Å². The van der Waals surface area contributed by atoms with Crippen LogP contribution in [0.15, 0.2) is 16.9 Å². The Bertz CT molecular complexity index is 137. The van der Waals surface area contributed by atoms with E-state index in [0.717, 1.165) is 0 Å². The lowest BCUT2D eigenvalue weighted by molar-refractivity contribution is 0.633. The van der Waals surface area contributed by atoms with E-state index in [9.17, 15) is 0 Å². The molecule has 1 rings (SSSR count). The second-order valence-electron chi connectivity index (χ2n) is 1.74. The van der Waals surface area contributed by atoms with Gasteiger partial charge >= 0.3 is 0 Å². The highest BCUT2D eigenvalue weighted by Gasteiger charge is 1.98. The van der Waals surface area contributed by atoms with Crippen molar-refractivity contribution >= 4 is 6.21 Å². The zero-order valence-electron chi connectivity index (χ0n) is 4.76. The minimum absolute atomic E-state index is 0.139. The van der Waals surface area contributed by atoms with Crippen molar-refractivity contribution in [2.24, 2.45) is 10.7 Å². The van der Waals surface area contributed by atoms with Crippen molar-refractivity contribution in [3.63, 3.8) is 0 Å². The molecule has 0 aliphatic carbocycles. The maximum atomic E-state index is 5.38. The topological polar surface area (TPSA) is 50.4 Å². The zero-order chi connectivity index (χ0) is 5.98. The van der Waals surface area contributed by atoms with Crippen LogP contribution in [0.25, 0.3) is 0 Å². The van der Waals surface area contributed by atoms with Crippen molar-refractivity contribution in [2.45, 2.75) is 13.1 Å². The van der Waals surface area contributed by atoms with Crippen LogP contribution in [0.5, 0.6) is 0 Å². The smallest absolute Gasteiger partial charge is 0.116 e. The average molecular weight is 111 g/mol. The van der Waals surface area contributed by atoms with E-state index >= 15 is 0 Å². The lowest BCUT2D eigenvalue weighted by atomic mass is 10.4. The monoisotopic (exact) mass is 111 g/mol. The maximum Gasteiger partial charge on any atom is 0.116 e. The third-order valence-electron chi connectivity index (χ3n) is 0.939. The Labute approximate surface area is 48.3 Å². The molecule has 1 aliphatic rings. The van der Waals surface area contributed by atoms with Gasteiger partial charge in [-0.2, -0.15) is 0 Å². The second kappa shape index (κ2) is 1.86. The Morgan fingerprint density at radius 3 is 3.00 bits per heavy atom. The number of allylic oxidation sites excluding steroid dienone is 1. The Morgan fingerprint density at radius 2 is 2.62 bits per heavy atom. The summed E-state index contributed by atoms with van der Waals surface area (Å²) in [6, 6.07) is 0. The lowest BCUT2D eigenvalue weighted by Gasteiger charge is -2.12. The van der Waals surface area contributed by atoms with Crippen molar-refractivity contribution < 1.29 is 0 Å². The standard InChI is InChI=1S/C5H9N3/c1-4-7-3-2-5(6)8-4/h2-4,8H,6H2,1H3. The third kappa shape index (κ3) is 0.992. The molecule has 1 heterocycles. The number of nitrogens with zero attached hydrogens (tertiary/aromatic N) is 1. The first-order valence-electron chi connectivity index (χ1n) is 2.54. The molecule has 44 valence electrons. The first-order valence-corrected chi connectivity index (χ1v) is 2.54. The fourth-order valence-corrected chi connectivity index (χ4v) is 0.579. The van der Waals surface area contributed by atoms with Crippen LogP contribution in [0, 0.1) is 0 Å². The average Bonchev–Trinajstić information content (AvgIpc) is 1.64. The van der Waals surface area contributed by atoms with Crippen molar-refractivity contribution in [1.29, 1.82) is 0 Å². The van der Waals surface area contributed by atoms with Gasteiger partial charge in [0.2, 0.25) is 0 Å². The first-order chi connectivity index (χ1) is 3.79. The molecule has 0 aromatic heterocycles. The molecule has 0 spiro atoms. The normalized spacial score (nSPS) is 26.6. The summed E-state index contributed by atoms with van der Waals surface area (Å²) in [5, 5.41) is 2.92. The number of rotatable bonds is 0. The van der Waals surface area contributed by atoms with Gasteiger partial charge in [0.1, 0.15) is 6.17 Å². The van der Waals surface area contributed by atoms with E-state index in [1.54, 1.807) is 12.3 Å². The highest BCUT2D eigenvalue weighted by molar-refractivity contribution is 5.72. The molecule has 1 unspecified atom stereocenters. The molecule has 3 N–H and O–H groups in total. The van der Waals surface area contributed by atoms with Gasteiger partial charge in [-0.05, 0) is 13.0 Å². The number of aliphatic imine (C=N–C) groups is 1. The van der Waals surface area contributed by atoms with E-state index in [-0.39, 0.29) is 6.17 Å². The summed E-state index contributed by atoms with van der Waals surface area (Å²) in [6.07, 6.45) is 3.58. The summed E-state index contributed by atoms with van der Waals surface area (Å²) in [4.78, 5) is 3.99. The Morgan fingerprint density at radius 1 is 1.88 bits per heavy atom. The minimum atomic E-state index is 0.139. The molecule has 0 bridgehead atoms. The number of nitrogens with one attached hydrogen (secondary N) is 1. The van der Waals surface area contributed by atoms with Crippen molar-refractivity contribution in [1.82, 2.24) is 5.32 Å². The van der Waals surface area contributed by atoms with Crippen LogP contribution in [0.1, 0.15) is 6.92 Å². The molecule has 3 nitrogen and oxygen atoms in total. The van der Waals surface area contributed by atoms with Gasteiger partial charge in [-0.1, -0.05) is 0 Å². The Balaban J connectivity index is 2.59. The molecule has 0 fully saturated rings. The summed E-state index contributed by atoms with van der Waals surface area (Å²) in [7, 11) is 0. The van der Waals surface area contributed by atoms with Crippen LogP contribution >= 0.6 is 0 Å². The van der Waals surface area contributed by atoms with E-state index < -0.39 is 0 Å². The van der Waals surface area contributed by atoms with Crippen LogP contribution in [0.2, 0.25) is 0 Å². The minimum Gasteiger partial charge on any atom is -0.385 e. The summed E-state index contributed by atoms with van der Waals surface area (Å²) < 4.78 is 0. The van der Waals surface area contributed by atoms with Crippen molar-refractivity contribution in [2.75, 3.05) is 0 Å². The predicted octanol–water partition coefficient (Wildman–Crippen LogP) is -0.194. The van der Waals surface area contributed by atoms with Crippen LogP contribution < -0.4 is 11.1 Å². The molecular weight excluding hydrogens is 102 g/mol. The van der Waals surface area contributed by atoms with Crippen LogP contribution in [-0.4, -0.2) is 12.4 Å². The Hall–Kier alpha value is -0.990. The quantitative estimate of drug-likeness (QED) is 0.455. The van der Waals surface area contributed by atoms with Gasteiger partial charge in [-0.25, -0.2) is 0 Å². The van der Waals surface area contributed by atoms with E-state index in [1.807, 2.05) is 6.92 Å². The Kier molecular flexibility index (Phi) is 1.20. The molecule has 0 radical (unpaired) electrons. The number of hydrogen-bond acceptors (Lipinski definition) is 3. The van der Waals surface area contributed by atoms with Crippen LogP contribution in [0.3, 0.4) is 0 Å². The van der Waals surface area contributed by atoms with E-state index in [2.05, 4.69) is 10.3 Å². The fourth-order valence-electron chi connectivity index (χ4n) is 0.579. The van der Waals surface area contributed by atoms with Gasteiger partial charge in [0, 0.05) is 6.21 Å². The molecule has 1 aliphatic heterocycles. The molecule has 0 aromatic rings. The highest BCUT2D eigenvalue weighted by atomic mass is 15.1. The van der Waals surface area contributed by atoms with E-state index in [1.165, 1.54) is 0 Å². The molecule has 0 saturated carbocycles. The van der Waals surface area contributed by atoms with Gasteiger partial charge in [0.25, 0.3) is 0 Å². The summed E-state index contributed by atoms with van der Waals surface area (Å²) in [6.45, 7) is 1.94. The first kappa shape index (κ1) is 5.15. The van der Waals surface area contributed by atoms with Gasteiger partial charge in [0.05, 0.1) is 5.82 Å². The molecule has 1 atom stereocenters. The van der Waals surface area contributed by atoms with E-state index in [0.29, 0.717) is 5.82 Å². The molecule has 0 aromatic carbocycles. The van der Waals surface area contributed by atoms with Crippen molar-refractivity contribution in [3.8, 4) is 0 Å². The van der Waals surface area contributed by atoms with Gasteiger partial charge in [-0.15, -0.1) is 0 Å². The highest BCUT2D eigenvalue weighted by Crippen LogP contribution is 1.90. The summed E-state index contributed by atoms with van der Waals surface area (Å²) in [5.41, 5.74) is 5.38. The molecule has 8 heavy (non-hydrogen) atoms. The zero-order valence-corrected chi connectivity index (χ0v) is 4.76. The fraction of sp³-hybridized carbons (Fsp3) is 0.400.